The van der Waals surface area contributed by atoms with Gasteiger partial charge in [0.15, 0.2) is 0 Å². The fourth-order valence-corrected chi connectivity index (χ4v) is 1.43. The molecule has 0 aliphatic heterocycles. The third-order valence-electron chi connectivity index (χ3n) is 2.45. The average Bonchev–Trinajstić information content (AvgIpc) is 2.22. The smallest absolute Gasteiger partial charge is 0.308 e. The Hall–Kier alpha value is -1.10. The van der Waals surface area contributed by atoms with Crippen LogP contribution in [-0.2, 0) is 4.79 Å². The summed E-state index contributed by atoms with van der Waals surface area (Å²) in [6.45, 7) is 3.36. The summed E-state index contributed by atoms with van der Waals surface area (Å²) in [5, 5.41) is 11.8. The maximum absolute atomic E-state index is 13.2. The van der Waals surface area contributed by atoms with Gasteiger partial charge in [-0.05, 0) is 48.0 Å². The number of anilines is 1. The molecule has 3 nitrogen and oxygen atoms in total. The van der Waals surface area contributed by atoms with Gasteiger partial charge in [0, 0.05) is 11.7 Å². The maximum Gasteiger partial charge on any atom is 0.308 e. The molecule has 1 aromatic rings. The van der Waals surface area contributed by atoms with Crippen molar-refractivity contribution in [1.29, 1.82) is 0 Å². The van der Waals surface area contributed by atoms with E-state index in [1.54, 1.807) is 26.0 Å². The van der Waals surface area contributed by atoms with E-state index in [9.17, 15) is 9.18 Å². The topological polar surface area (TPSA) is 49.3 Å². The number of carboxylic acids is 1. The lowest BCUT2D eigenvalue weighted by atomic mass is 10.0. The number of nitrogens with one attached hydrogen (secondary N) is 1. The van der Waals surface area contributed by atoms with Crippen molar-refractivity contribution < 1.29 is 14.3 Å². The molecule has 5 heteroatoms. The van der Waals surface area contributed by atoms with Crippen LogP contribution >= 0.6 is 15.9 Å². The fourth-order valence-electron chi connectivity index (χ4n) is 1.19. The molecule has 88 valence electrons. The van der Waals surface area contributed by atoms with Crippen molar-refractivity contribution in [2.75, 3.05) is 5.32 Å². The third-order valence-corrected chi connectivity index (χ3v) is 3.10. The lowest BCUT2D eigenvalue weighted by Crippen LogP contribution is -2.29. The number of benzene rings is 1. The van der Waals surface area contributed by atoms with Crippen LogP contribution in [-0.4, -0.2) is 17.1 Å². The van der Waals surface area contributed by atoms with Crippen LogP contribution in [0.25, 0.3) is 0 Å². The summed E-state index contributed by atoms with van der Waals surface area (Å²) < 4.78 is 13.6. The standard InChI is InChI=1S/C11H13BrFNO2/c1-6(11(15)16)7(2)14-8-3-4-9(12)10(13)5-8/h3-7,14H,1-2H3,(H,15,16). The summed E-state index contributed by atoms with van der Waals surface area (Å²) in [5.41, 5.74) is 0.571. The molecule has 2 unspecified atom stereocenters. The molecule has 0 bridgehead atoms. The molecule has 1 rings (SSSR count). The minimum atomic E-state index is -0.877. The third kappa shape index (κ3) is 3.20. The fraction of sp³-hybridized carbons (Fsp3) is 0.364. The van der Waals surface area contributed by atoms with Crippen LogP contribution in [0.15, 0.2) is 22.7 Å². The van der Waals surface area contributed by atoms with E-state index in [2.05, 4.69) is 21.2 Å². The highest BCUT2D eigenvalue weighted by atomic mass is 79.9. The number of aliphatic carboxylic acids is 1. The number of hydrogen-bond donors (Lipinski definition) is 2. The molecule has 0 aliphatic carbocycles. The Kier molecular flexibility index (Phi) is 4.29. The molecule has 0 amide bonds. The molecule has 16 heavy (non-hydrogen) atoms. The zero-order valence-electron chi connectivity index (χ0n) is 9.00. The van der Waals surface area contributed by atoms with Crippen LogP contribution in [0.1, 0.15) is 13.8 Å². The largest absolute Gasteiger partial charge is 0.481 e. The normalized spacial score (nSPS) is 14.2. The molecule has 0 heterocycles. The van der Waals surface area contributed by atoms with Gasteiger partial charge in [0.1, 0.15) is 5.82 Å². The molecule has 0 fully saturated rings. The monoisotopic (exact) mass is 289 g/mol. The zero-order chi connectivity index (χ0) is 12.3. The van der Waals surface area contributed by atoms with Crippen LogP contribution in [0, 0.1) is 11.7 Å². The van der Waals surface area contributed by atoms with E-state index < -0.39 is 11.9 Å². The van der Waals surface area contributed by atoms with E-state index in [4.69, 9.17) is 5.11 Å². The summed E-state index contributed by atoms with van der Waals surface area (Å²) in [7, 11) is 0. The van der Waals surface area contributed by atoms with Crippen LogP contribution in [0.2, 0.25) is 0 Å². The van der Waals surface area contributed by atoms with Crippen molar-refractivity contribution in [3.05, 3.63) is 28.5 Å². The Balaban J connectivity index is 2.73. The molecule has 2 N–H and O–H groups in total. The number of carboxylic acid groups (broad SMARTS) is 1. The average molecular weight is 290 g/mol. The summed E-state index contributed by atoms with van der Waals surface area (Å²) >= 11 is 3.05. The van der Waals surface area contributed by atoms with E-state index in [0.29, 0.717) is 10.2 Å². The van der Waals surface area contributed by atoms with E-state index >= 15 is 0 Å². The quantitative estimate of drug-likeness (QED) is 0.895. The van der Waals surface area contributed by atoms with Crippen LogP contribution in [0.4, 0.5) is 10.1 Å². The summed E-state index contributed by atoms with van der Waals surface area (Å²) in [4.78, 5) is 10.7. The van der Waals surface area contributed by atoms with Gasteiger partial charge in [-0.2, -0.15) is 0 Å². The van der Waals surface area contributed by atoms with Gasteiger partial charge in [0.2, 0.25) is 0 Å². The molecule has 0 radical (unpaired) electrons. The van der Waals surface area contributed by atoms with Gasteiger partial charge < -0.3 is 10.4 Å². The number of halogens is 2. The number of rotatable bonds is 4. The Labute approximate surface area is 102 Å². The van der Waals surface area contributed by atoms with Gasteiger partial charge >= 0.3 is 5.97 Å². The van der Waals surface area contributed by atoms with Gasteiger partial charge in [-0.15, -0.1) is 0 Å². The summed E-state index contributed by atoms with van der Waals surface area (Å²) in [6, 6.07) is 4.33. The minimum Gasteiger partial charge on any atom is -0.481 e. The SMILES string of the molecule is CC(Nc1ccc(Br)c(F)c1)C(C)C(=O)O. The van der Waals surface area contributed by atoms with E-state index in [1.165, 1.54) is 6.07 Å². The Bertz CT molecular complexity index is 398. The van der Waals surface area contributed by atoms with Crippen LogP contribution in [0.3, 0.4) is 0 Å². The van der Waals surface area contributed by atoms with Gasteiger partial charge in [0.25, 0.3) is 0 Å². The first-order valence-corrected chi connectivity index (χ1v) is 5.65. The van der Waals surface area contributed by atoms with Gasteiger partial charge in [-0.25, -0.2) is 4.39 Å². The highest BCUT2D eigenvalue weighted by Crippen LogP contribution is 2.20. The first-order valence-electron chi connectivity index (χ1n) is 4.86. The predicted molar refractivity (Wildman–Crippen MR) is 64.0 cm³/mol. The molecular weight excluding hydrogens is 277 g/mol. The predicted octanol–water partition coefficient (Wildman–Crippen LogP) is 3.11. The second-order valence-corrected chi connectivity index (χ2v) is 4.54. The highest BCUT2D eigenvalue weighted by molar-refractivity contribution is 9.10. The van der Waals surface area contributed by atoms with E-state index in [0.717, 1.165) is 0 Å². The van der Waals surface area contributed by atoms with Crippen LogP contribution in [0.5, 0.6) is 0 Å². The van der Waals surface area contributed by atoms with Crippen molar-refractivity contribution in [1.82, 2.24) is 0 Å². The maximum atomic E-state index is 13.2. The molecule has 2 atom stereocenters. The second-order valence-electron chi connectivity index (χ2n) is 3.69. The molecular formula is C11H13BrFNO2. The summed E-state index contributed by atoms with van der Waals surface area (Å²) in [5.74, 6) is -1.79. The van der Waals surface area contributed by atoms with Crippen molar-refractivity contribution in [3.63, 3.8) is 0 Å². The Morgan fingerprint density at radius 2 is 2.12 bits per heavy atom. The number of carbonyl (C=O) groups is 1. The van der Waals surface area contributed by atoms with Gasteiger partial charge in [-0.3, -0.25) is 4.79 Å². The van der Waals surface area contributed by atoms with Crippen molar-refractivity contribution in [3.8, 4) is 0 Å². The lowest BCUT2D eigenvalue weighted by Gasteiger charge is -2.19. The van der Waals surface area contributed by atoms with Crippen LogP contribution < -0.4 is 5.32 Å². The molecule has 0 saturated heterocycles. The first kappa shape index (κ1) is 13.0. The molecule has 0 aliphatic rings. The minimum absolute atomic E-state index is 0.266. The van der Waals surface area contributed by atoms with Crippen molar-refractivity contribution in [2.45, 2.75) is 19.9 Å². The van der Waals surface area contributed by atoms with E-state index in [-0.39, 0.29) is 11.9 Å². The van der Waals surface area contributed by atoms with Crippen molar-refractivity contribution >= 4 is 27.6 Å². The Morgan fingerprint density at radius 1 is 1.50 bits per heavy atom. The number of hydrogen-bond acceptors (Lipinski definition) is 2. The van der Waals surface area contributed by atoms with Crippen molar-refractivity contribution in [2.24, 2.45) is 5.92 Å². The van der Waals surface area contributed by atoms with Gasteiger partial charge in [-0.1, -0.05) is 0 Å². The Morgan fingerprint density at radius 3 is 2.62 bits per heavy atom. The zero-order valence-corrected chi connectivity index (χ0v) is 10.6. The van der Waals surface area contributed by atoms with Gasteiger partial charge in [0.05, 0.1) is 10.4 Å². The van der Waals surface area contributed by atoms with E-state index in [1.807, 2.05) is 0 Å². The molecule has 0 spiro atoms. The highest BCUT2D eigenvalue weighted by Gasteiger charge is 2.19. The second kappa shape index (κ2) is 5.30. The lowest BCUT2D eigenvalue weighted by molar-refractivity contribution is -0.141. The molecule has 0 aromatic heterocycles. The summed E-state index contributed by atoms with van der Waals surface area (Å²) in [6.07, 6.45) is 0. The molecule has 1 aromatic carbocycles. The molecule has 0 saturated carbocycles. The first-order chi connectivity index (χ1) is 7.41.